The smallest absolute Gasteiger partial charge is 0.267 e. The van der Waals surface area contributed by atoms with Crippen molar-refractivity contribution in [2.24, 2.45) is 7.05 Å². The number of rotatable bonds is 5. The fraction of sp³-hybridized carbons (Fsp3) is 0.542. The van der Waals surface area contributed by atoms with Gasteiger partial charge in [-0.3, -0.25) is 4.79 Å². The third kappa shape index (κ3) is 3.99. The Hall–Kier alpha value is -2.87. The molecule has 1 aliphatic heterocycles. The minimum Gasteiger partial charge on any atom is -0.391 e. The summed E-state index contributed by atoms with van der Waals surface area (Å²) < 4.78 is 3.62. The van der Waals surface area contributed by atoms with Crippen molar-refractivity contribution in [3.05, 3.63) is 46.8 Å². The van der Waals surface area contributed by atoms with Gasteiger partial charge in [0.15, 0.2) is 0 Å². The molecule has 2 N–H and O–H groups in total. The van der Waals surface area contributed by atoms with Crippen LogP contribution in [0.5, 0.6) is 0 Å². The molecule has 1 aliphatic carbocycles. The highest BCUT2D eigenvalue weighted by molar-refractivity contribution is 5.78. The minimum absolute atomic E-state index is 0.133. The lowest BCUT2D eigenvalue weighted by atomic mass is 9.93. The molecule has 0 spiro atoms. The molecule has 0 radical (unpaired) electrons. The van der Waals surface area contributed by atoms with E-state index in [0.717, 1.165) is 74.4 Å². The highest BCUT2D eigenvalue weighted by Crippen LogP contribution is 2.29. The lowest BCUT2D eigenvalue weighted by molar-refractivity contribution is 0.0669. The van der Waals surface area contributed by atoms with E-state index in [0.29, 0.717) is 0 Å². The Labute approximate surface area is 187 Å². The van der Waals surface area contributed by atoms with E-state index in [9.17, 15) is 9.90 Å². The van der Waals surface area contributed by atoms with E-state index >= 15 is 0 Å². The second-order valence-corrected chi connectivity index (χ2v) is 9.10. The summed E-state index contributed by atoms with van der Waals surface area (Å²) >= 11 is 0. The second-order valence-electron chi connectivity index (χ2n) is 9.10. The summed E-state index contributed by atoms with van der Waals surface area (Å²) in [5.74, 6) is 1.68. The standard InChI is InChI=1S/C24H32N6O2/c1-28-19-10-3-2-9-18(19)26-24(28)25-16-17-8-6-7-15-29(17)22-13-14-23(32)30(27-22)20-11-4-5-12-21(20)31/h2-3,9-10,13-14,17,20-21,31H,4-8,11-12,15-16H2,1H3,(H,25,26). The number of aliphatic hydroxyl groups is 1. The number of nitrogens with one attached hydrogen (secondary N) is 1. The largest absolute Gasteiger partial charge is 0.391 e. The van der Waals surface area contributed by atoms with Crippen LogP contribution < -0.4 is 15.8 Å². The van der Waals surface area contributed by atoms with E-state index in [1.807, 2.05) is 31.3 Å². The van der Waals surface area contributed by atoms with E-state index < -0.39 is 6.10 Å². The van der Waals surface area contributed by atoms with Gasteiger partial charge in [0.1, 0.15) is 5.82 Å². The van der Waals surface area contributed by atoms with Crippen LogP contribution in [0.3, 0.4) is 0 Å². The zero-order chi connectivity index (χ0) is 22.1. The van der Waals surface area contributed by atoms with Gasteiger partial charge < -0.3 is 19.9 Å². The maximum atomic E-state index is 12.6. The van der Waals surface area contributed by atoms with Gasteiger partial charge in [0, 0.05) is 32.2 Å². The Kier molecular flexibility index (Phi) is 5.87. The van der Waals surface area contributed by atoms with Gasteiger partial charge in [-0.15, -0.1) is 0 Å². The number of aryl methyl sites for hydroxylation is 1. The average molecular weight is 437 g/mol. The Balaban J connectivity index is 1.37. The molecule has 32 heavy (non-hydrogen) atoms. The molecule has 3 heterocycles. The molecule has 3 aromatic rings. The second kappa shape index (κ2) is 8.94. The van der Waals surface area contributed by atoms with Crippen molar-refractivity contribution in [2.45, 2.75) is 63.1 Å². The van der Waals surface area contributed by atoms with Gasteiger partial charge in [0.25, 0.3) is 5.56 Å². The number of fused-ring (bicyclic) bond motifs is 1. The normalized spacial score (nSPS) is 24.1. The molecule has 0 amide bonds. The van der Waals surface area contributed by atoms with Gasteiger partial charge in [0.2, 0.25) is 5.95 Å². The SMILES string of the molecule is Cn1c(NCC2CCCCN2c2ccc(=O)n(C3CCCCC3O)n2)nc2ccccc21. The molecule has 1 saturated heterocycles. The van der Waals surface area contributed by atoms with Crippen LogP contribution in [0.2, 0.25) is 0 Å². The molecular formula is C24H32N6O2. The van der Waals surface area contributed by atoms with Gasteiger partial charge in [-0.1, -0.05) is 25.0 Å². The first kappa shape index (κ1) is 21.0. The summed E-state index contributed by atoms with van der Waals surface area (Å²) in [6, 6.07) is 11.6. The van der Waals surface area contributed by atoms with Crippen LogP contribution >= 0.6 is 0 Å². The Morgan fingerprint density at radius 1 is 1.06 bits per heavy atom. The van der Waals surface area contributed by atoms with Crippen LogP contribution in [0.4, 0.5) is 11.8 Å². The molecule has 2 aliphatic rings. The van der Waals surface area contributed by atoms with E-state index in [-0.39, 0.29) is 17.6 Å². The van der Waals surface area contributed by atoms with Crippen molar-refractivity contribution in [2.75, 3.05) is 23.3 Å². The molecule has 1 saturated carbocycles. The van der Waals surface area contributed by atoms with Gasteiger partial charge in [-0.05, 0) is 50.3 Å². The van der Waals surface area contributed by atoms with Crippen molar-refractivity contribution < 1.29 is 5.11 Å². The van der Waals surface area contributed by atoms with Crippen LogP contribution in [-0.4, -0.2) is 49.7 Å². The van der Waals surface area contributed by atoms with Crippen LogP contribution in [0.15, 0.2) is 41.2 Å². The van der Waals surface area contributed by atoms with Gasteiger partial charge >= 0.3 is 0 Å². The topological polar surface area (TPSA) is 88.2 Å². The summed E-state index contributed by atoms with van der Waals surface area (Å²) in [6.45, 7) is 1.66. The van der Waals surface area contributed by atoms with Crippen molar-refractivity contribution in [1.29, 1.82) is 0 Å². The third-order valence-corrected chi connectivity index (χ3v) is 7.02. The average Bonchev–Trinajstić information content (AvgIpc) is 3.14. The lowest BCUT2D eigenvalue weighted by Crippen LogP contribution is -2.45. The quantitative estimate of drug-likeness (QED) is 0.639. The number of aromatic nitrogens is 4. The third-order valence-electron chi connectivity index (χ3n) is 7.02. The first-order valence-corrected chi connectivity index (χ1v) is 11.8. The predicted molar refractivity (Wildman–Crippen MR) is 126 cm³/mol. The van der Waals surface area contributed by atoms with Gasteiger partial charge in [-0.25, -0.2) is 9.67 Å². The van der Waals surface area contributed by atoms with Gasteiger partial charge in [-0.2, -0.15) is 5.10 Å². The molecule has 0 bridgehead atoms. The molecule has 8 heteroatoms. The van der Waals surface area contributed by atoms with Crippen LogP contribution in [-0.2, 0) is 7.05 Å². The highest BCUT2D eigenvalue weighted by Gasteiger charge is 2.29. The van der Waals surface area contributed by atoms with Crippen molar-refractivity contribution in [1.82, 2.24) is 19.3 Å². The van der Waals surface area contributed by atoms with Gasteiger partial charge in [0.05, 0.1) is 23.2 Å². The van der Waals surface area contributed by atoms with Crippen LogP contribution in [0.25, 0.3) is 11.0 Å². The summed E-state index contributed by atoms with van der Waals surface area (Å²) in [5.41, 5.74) is 1.96. The van der Waals surface area contributed by atoms with E-state index in [2.05, 4.69) is 20.9 Å². The molecule has 8 nitrogen and oxygen atoms in total. The number of piperidine rings is 1. The van der Waals surface area contributed by atoms with E-state index in [1.165, 1.54) is 11.1 Å². The summed E-state index contributed by atoms with van der Waals surface area (Å²) in [5, 5.41) is 18.8. The fourth-order valence-electron chi connectivity index (χ4n) is 5.21. The van der Waals surface area contributed by atoms with E-state index in [4.69, 9.17) is 10.1 Å². The summed E-state index contributed by atoms with van der Waals surface area (Å²) in [7, 11) is 2.03. The molecule has 170 valence electrons. The number of benzene rings is 1. The number of para-hydroxylation sites is 2. The maximum absolute atomic E-state index is 12.6. The number of anilines is 2. The monoisotopic (exact) mass is 436 g/mol. The number of nitrogens with zero attached hydrogens (tertiary/aromatic N) is 5. The first-order valence-electron chi connectivity index (χ1n) is 11.8. The zero-order valence-electron chi connectivity index (χ0n) is 18.7. The zero-order valence-corrected chi connectivity index (χ0v) is 18.7. The molecular weight excluding hydrogens is 404 g/mol. The molecule has 1 aromatic carbocycles. The van der Waals surface area contributed by atoms with Crippen molar-refractivity contribution >= 4 is 22.8 Å². The number of hydrogen-bond donors (Lipinski definition) is 2. The predicted octanol–water partition coefficient (Wildman–Crippen LogP) is 3.08. The number of aliphatic hydroxyl groups excluding tert-OH is 1. The molecule has 2 fully saturated rings. The Bertz CT molecular complexity index is 1140. The maximum Gasteiger partial charge on any atom is 0.267 e. The van der Waals surface area contributed by atoms with Crippen LogP contribution in [0.1, 0.15) is 51.0 Å². The van der Waals surface area contributed by atoms with Crippen molar-refractivity contribution in [3.63, 3.8) is 0 Å². The molecule has 3 unspecified atom stereocenters. The minimum atomic E-state index is -0.499. The van der Waals surface area contributed by atoms with E-state index in [1.54, 1.807) is 6.07 Å². The Morgan fingerprint density at radius 2 is 1.88 bits per heavy atom. The number of imidazole rings is 1. The number of hydrogen-bond acceptors (Lipinski definition) is 6. The molecule has 3 atom stereocenters. The van der Waals surface area contributed by atoms with Crippen molar-refractivity contribution in [3.8, 4) is 0 Å². The molecule has 5 rings (SSSR count). The summed E-state index contributed by atoms with van der Waals surface area (Å²) in [4.78, 5) is 19.6. The lowest BCUT2D eigenvalue weighted by Gasteiger charge is -2.37. The van der Waals surface area contributed by atoms with Crippen LogP contribution in [0, 0.1) is 0 Å². The summed E-state index contributed by atoms with van der Waals surface area (Å²) in [6.07, 6.45) is 6.40. The molecule has 2 aromatic heterocycles. The highest BCUT2D eigenvalue weighted by atomic mass is 16.3. The fourth-order valence-corrected chi connectivity index (χ4v) is 5.21. The first-order chi connectivity index (χ1) is 15.6. The Morgan fingerprint density at radius 3 is 2.72 bits per heavy atom.